The summed E-state index contributed by atoms with van der Waals surface area (Å²) in [4.78, 5) is 26.7. The van der Waals surface area contributed by atoms with E-state index in [-0.39, 0.29) is 17.9 Å². The molecular weight excluding hydrogens is 318 g/mol. The molecule has 0 bridgehead atoms. The van der Waals surface area contributed by atoms with Gasteiger partial charge in [-0.1, -0.05) is 0 Å². The Balaban J connectivity index is 1.29. The van der Waals surface area contributed by atoms with Crippen LogP contribution in [0.4, 0.5) is 0 Å². The SMILES string of the molecule is O=C(NCC1CCCN(C(=O)c2cc(C3CC3)[nH]n2)C1)C1CCCN1. The van der Waals surface area contributed by atoms with Crippen LogP contribution in [0.3, 0.4) is 0 Å². The van der Waals surface area contributed by atoms with Gasteiger partial charge in [-0.15, -0.1) is 0 Å². The summed E-state index contributed by atoms with van der Waals surface area (Å²) in [6.45, 7) is 3.05. The second-order valence-corrected chi connectivity index (χ2v) is 7.64. The average molecular weight is 345 g/mol. The zero-order valence-corrected chi connectivity index (χ0v) is 14.6. The summed E-state index contributed by atoms with van der Waals surface area (Å²) in [5.41, 5.74) is 1.62. The third-order valence-corrected chi connectivity index (χ3v) is 5.58. The first-order valence-corrected chi connectivity index (χ1v) is 9.56. The first kappa shape index (κ1) is 16.6. The number of nitrogens with one attached hydrogen (secondary N) is 3. The monoisotopic (exact) mass is 345 g/mol. The van der Waals surface area contributed by atoms with Crippen LogP contribution in [0.15, 0.2) is 6.07 Å². The number of likely N-dealkylation sites (tertiary alicyclic amines) is 1. The molecule has 7 heteroatoms. The van der Waals surface area contributed by atoms with E-state index in [1.807, 2.05) is 11.0 Å². The van der Waals surface area contributed by atoms with Gasteiger partial charge in [0, 0.05) is 31.2 Å². The Labute approximate surface area is 147 Å². The van der Waals surface area contributed by atoms with Crippen LogP contribution in [0.5, 0.6) is 0 Å². The van der Waals surface area contributed by atoms with Crippen molar-refractivity contribution in [3.63, 3.8) is 0 Å². The molecule has 0 spiro atoms. The Morgan fingerprint density at radius 3 is 2.88 bits per heavy atom. The molecule has 3 fully saturated rings. The predicted molar refractivity (Wildman–Crippen MR) is 93.2 cm³/mol. The van der Waals surface area contributed by atoms with Crippen molar-refractivity contribution in [2.75, 3.05) is 26.2 Å². The number of amides is 2. The number of rotatable bonds is 5. The number of piperidine rings is 1. The molecular formula is C18H27N5O2. The number of H-pyrrole nitrogens is 1. The first-order valence-electron chi connectivity index (χ1n) is 9.56. The van der Waals surface area contributed by atoms with Crippen LogP contribution in [0.1, 0.15) is 60.6 Å². The van der Waals surface area contributed by atoms with Crippen molar-refractivity contribution in [1.29, 1.82) is 0 Å². The summed E-state index contributed by atoms with van der Waals surface area (Å²) in [5, 5.41) is 13.5. The highest BCUT2D eigenvalue weighted by molar-refractivity contribution is 5.92. The Hall–Kier alpha value is -1.89. The largest absolute Gasteiger partial charge is 0.354 e. The average Bonchev–Trinajstić information content (AvgIpc) is 3.14. The number of hydrogen-bond acceptors (Lipinski definition) is 4. The lowest BCUT2D eigenvalue weighted by Gasteiger charge is -2.32. The molecule has 136 valence electrons. The fourth-order valence-electron chi connectivity index (χ4n) is 3.90. The van der Waals surface area contributed by atoms with Gasteiger partial charge in [0.1, 0.15) is 5.69 Å². The molecule has 2 aliphatic heterocycles. The smallest absolute Gasteiger partial charge is 0.274 e. The molecule has 25 heavy (non-hydrogen) atoms. The first-order chi connectivity index (χ1) is 12.2. The van der Waals surface area contributed by atoms with Crippen molar-refractivity contribution in [1.82, 2.24) is 25.7 Å². The Bertz CT molecular complexity index is 633. The molecule has 7 nitrogen and oxygen atoms in total. The standard InChI is InChI=1S/C18H27N5O2/c24-17(14-4-1-7-19-14)20-10-12-3-2-8-23(11-12)18(25)16-9-15(21-22-16)13-5-6-13/h9,12-14,19H,1-8,10-11H2,(H,20,24)(H,21,22). The summed E-state index contributed by atoms with van der Waals surface area (Å²) in [5.74, 6) is 1.01. The summed E-state index contributed by atoms with van der Waals surface area (Å²) < 4.78 is 0. The lowest BCUT2D eigenvalue weighted by Crippen LogP contribution is -2.46. The fraction of sp³-hybridized carbons (Fsp3) is 0.722. The minimum absolute atomic E-state index is 0.0108. The third-order valence-electron chi connectivity index (χ3n) is 5.58. The molecule has 2 unspecified atom stereocenters. The molecule has 2 saturated heterocycles. The highest BCUT2D eigenvalue weighted by Crippen LogP contribution is 2.39. The molecule has 1 aromatic heterocycles. The minimum Gasteiger partial charge on any atom is -0.354 e. The predicted octanol–water partition coefficient (Wildman–Crippen LogP) is 1.01. The van der Waals surface area contributed by atoms with Gasteiger partial charge < -0.3 is 15.5 Å². The van der Waals surface area contributed by atoms with E-state index >= 15 is 0 Å². The van der Waals surface area contributed by atoms with Gasteiger partial charge in [-0.05, 0) is 57.1 Å². The second kappa shape index (κ2) is 7.15. The maximum absolute atomic E-state index is 12.7. The molecule has 2 amide bonds. The highest BCUT2D eigenvalue weighted by atomic mass is 16.2. The fourth-order valence-corrected chi connectivity index (χ4v) is 3.90. The second-order valence-electron chi connectivity index (χ2n) is 7.64. The van der Waals surface area contributed by atoms with E-state index in [1.165, 1.54) is 12.8 Å². The minimum atomic E-state index is -0.0359. The van der Waals surface area contributed by atoms with Crippen LogP contribution in [0, 0.1) is 5.92 Å². The van der Waals surface area contributed by atoms with Gasteiger partial charge in [0.05, 0.1) is 6.04 Å². The Kier molecular flexibility index (Phi) is 4.74. The molecule has 3 N–H and O–H groups in total. The number of hydrogen-bond donors (Lipinski definition) is 3. The van der Waals surface area contributed by atoms with Crippen molar-refractivity contribution < 1.29 is 9.59 Å². The van der Waals surface area contributed by atoms with Gasteiger partial charge in [-0.3, -0.25) is 14.7 Å². The van der Waals surface area contributed by atoms with Crippen LogP contribution in [-0.4, -0.2) is 59.1 Å². The van der Waals surface area contributed by atoms with Crippen molar-refractivity contribution in [3.8, 4) is 0 Å². The van der Waals surface area contributed by atoms with Crippen LogP contribution in [-0.2, 0) is 4.79 Å². The summed E-state index contributed by atoms with van der Waals surface area (Å²) in [6.07, 6.45) is 6.40. The van der Waals surface area contributed by atoms with E-state index in [9.17, 15) is 9.59 Å². The van der Waals surface area contributed by atoms with E-state index in [0.717, 1.165) is 44.5 Å². The molecule has 4 rings (SSSR count). The topological polar surface area (TPSA) is 90.1 Å². The Morgan fingerprint density at radius 2 is 2.12 bits per heavy atom. The van der Waals surface area contributed by atoms with E-state index < -0.39 is 0 Å². The molecule has 2 atom stereocenters. The van der Waals surface area contributed by atoms with Gasteiger partial charge in [0.2, 0.25) is 5.91 Å². The molecule has 1 aromatic rings. The molecule has 0 radical (unpaired) electrons. The number of aromatic nitrogens is 2. The lowest BCUT2D eigenvalue weighted by atomic mass is 9.97. The maximum Gasteiger partial charge on any atom is 0.274 e. The van der Waals surface area contributed by atoms with Crippen LogP contribution in [0.2, 0.25) is 0 Å². The van der Waals surface area contributed by atoms with Gasteiger partial charge in [-0.25, -0.2) is 0 Å². The van der Waals surface area contributed by atoms with Crippen LogP contribution < -0.4 is 10.6 Å². The summed E-state index contributed by atoms with van der Waals surface area (Å²) in [6, 6.07) is 1.88. The maximum atomic E-state index is 12.7. The number of nitrogens with zero attached hydrogens (tertiary/aromatic N) is 2. The molecule has 0 aromatic carbocycles. The molecule has 3 aliphatic rings. The lowest BCUT2D eigenvalue weighted by molar-refractivity contribution is -0.123. The Morgan fingerprint density at radius 1 is 1.24 bits per heavy atom. The van der Waals surface area contributed by atoms with Gasteiger partial charge >= 0.3 is 0 Å². The van der Waals surface area contributed by atoms with E-state index in [2.05, 4.69) is 20.8 Å². The van der Waals surface area contributed by atoms with Crippen molar-refractivity contribution in [2.45, 2.75) is 50.5 Å². The van der Waals surface area contributed by atoms with Crippen LogP contribution in [0.25, 0.3) is 0 Å². The highest BCUT2D eigenvalue weighted by Gasteiger charge is 2.30. The summed E-state index contributed by atoms with van der Waals surface area (Å²) in [7, 11) is 0. The van der Waals surface area contributed by atoms with Gasteiger partial charge in [0.25, 0.3) is 5.91 Å². The van der Waals surface area contributed by atoms with Crippen molar-refractivity contribution >= 4 is 11.8 Å². The number of carbonyl (C=O) groups is 2. The van der Waals surface area contributed by atoms with Crippen molar-refractivity contribution in [2.24, 2.45) is 5.92 Å². The van der Waals surface area contributed by atoms with E-state index in [4.69, 9.17) is 0 Å². The zero-order valence-electron chi connectivity index (χ0n) is 14.6. The van der Waals surface area contributed by atoms with Gasteiger partial charge in [0.15, 0.2) is 0 Å². The molecule has 3 heterocycles. The molecule has 1 aliphatic carbocycles. The van der Waals surface area contributed by atoms with Crippen molar-refractivity contribution in [3.05, 3.63) is 17.5 Å². The van der Waals surface area contributed by atoms with E-state index in [0.29, 0.717) is 30.6 Å². The quantitative estimate of drug-likeness (QED) is 0.743. The molecule has 1 saturated carbocycles. The number of aromatic amines is 1. The normalized spacial score (nSPS) is 26.6. The van der Waals surface area contributed by atoms with Gasteiger partial charge in [-0.2, -0.15) is 5.10 Å². The summed E-state index contributed by atoms with van der Waals surface area (Å²) >= 11 is 0. The van der Waals surface area contributed by atoms with E-state index in [1.54, 1.807) is 0 Å². The third kappa shape index (κ3) is 3.86. The number of carbonyl (C=O) groups excluding carboxylic acids is 2. The van der Waals surface area contributed by atoms with Crippen LogP contribution >= 0.6 is 0 Å². The zero-order chi connectivity index (χ0) is 17.2.